The van der Waals surface area contributed by atoms with Crippen molar-refractivity contribution in [3.63, 3.8) is 0 Å². The SMILES string of the molecule is CCOC(=O)c1sc2ncn(CC(=O)c3ccc(C)cc3C)c(=O)c2c1C. The summed E-state index contributed by atoms with van der Waals surface area (Å²) in [6, 6.07) is 5.59. The Bertz CT molecular complexity index is 1110. The molecule has 0 aliphatic carbocycles. The zero-order chi connectivity index (χ0) is 19.7. The van der Waals surface area contributed by atoms with Crippen LogP contribution in [-0.2, 0) is 11.3 Å². The van der Waals surface area contributed by atoms with Gasteiger partial charge in [0.25, 0.3) is 5.56 Å². The topological polar surface area (TPSA) is 78.3 Å². The number of nitrogens with zero attached hydrogens (tertiary/aromatic N) is 2. The number of aromatic nitrogens is 2. The standard InChI is InChI=1S/C20H20N2O4S/c1-5-26-20(25)17-13(4)16-18(27-17)21-10-22(19(16)24)9-15(23)14-7-6-11(2)8-12(14)3/h6-8,10H,5,9H2,1-4H3. The van der Waals surface area contributed by atoms with Crippen LogP contribution in [-0.4, -0.2) is 27.9 Å². The Balaban J connectivity index is 2.00. The second-order valence-corrected chi connectivity index (χ2v) is 7.38. The maximum absolute atomic E-state index is 12.9. The molecule has 0 amide bonds. The van der Waals surface area contributed by atoms with Crippen LogP contribution >= 0.6 is 11.3 Å². The molecule has 2 aromatic heterocycles. The average molecular weight is 384 g/mol. The summed E-state index contributed by atoms with van der Waals surface area (Å²) >= 11 is 1.13. The minimum atomic E-state index is -0.463. The largest absolute Gasteiger partial charge is 0.462 e. The summed E-state index contributed by atoms with van der Waals surface area (Å²) in [7, 11) is 0. The number of Topliss-reactive ketones (excluding diaryl/α,β-unsaturated/α-hetero) is 1. The van der Waals surface area contributed by atoms with Crippen molar-refractivity contribution in [2.45, 2.75) is 34.2 Å². The molecule has 0 aliphatic heterocycles. The zero-order valence-electron chi connectivity index (χ0n) is 15.7. The Labute approximate surface area is 160 Å². The van der Waals surface area contributed by atoms with Gasteiger partial charge in [-0.05, 0) is 38.8 Å². The van der Waals surface area contributed by atoms with E-state index in [0.717, 1.165) is 22.5 Å². The molecule has 0 atom stereocenters. The van der Waals surface area contributed by atoms with Gasteiger partial charge in [0.15, 0.2) is 5.78 Å². The van der Waals surface area contributed by atoms with Gasteiger partial charge < -0.3 is 4.74 Å². The number of benzene rings is 1. The van der Waals surface area contributed by atoms with Gasteiger partial charge in [0, 0.05) is 5.56 Å². The predicted molar refractivity (Wildman–Crippen MR) is 105 cm³/mol. The van der Waals surface area contributed by atoms with Crippen molar-refractivity contribution in [3.05, 3.63) is 62.0 Å². The molecule has 0 bridgehead atoms. The summed E-state index contributed by atoms with van der Waals surface area (Å²) in [5.41, 5.74) is 2.74. The first-order valence-electron chi connectivity index (χ1n) is 8.59. The molecule has 0 radical (unpaired) electrons. The first-order valence-corrected chi connectivity index (χ1v) is 9.41. The third-order valence-electron chi connectivity index (χ3n) is 4.37. The zero-order valence-corrected chi connectivity index (χ0v) is 16.5. The van der Waals surface area contributed by atoms with Crippen LogP contribution in [0.5, 0.6) is 0 Å². The van der Waals surface area contributed by atoms with Crippen LogP contribution in [0.15, 0.2) is 29.3 Å². The third-order valence-corrected chi connectivity index (χ3v) is 5.55. The Morgan fingerprint density at radius 2 is 1.96 bits per heavy atom. The molecule has 0 aliphatic rings. The number of carbonyl (C=O) groups is 2. The quantitative estimate of drug-likeness (QED) is 0.497. The molecule has 27 heavy (non-hydrogen) atoms. The minimum Gasteiger partial charge on any atom is -0.462 e. The average Bonchev–Trinajstić information content (AvgIpc) is 2.95. The molecule has 0 saturated heterocycles. The fraction of sp³-hybridized carbons (Fsp3) is 0.300. The molecule has 6 nitrogen and oxygen atoms in total. The molecule has 2 heterocycles. The lowest BCUT2D eigenvalue weighted by Gasteiger charge is -2.08. The van der Waals surface area contributed by atoms with E-state index < -0.39 is 5.97 Å². The molecule has 140 valence electrons. The van der Waals surface area contributed by atoms with E-state index in [0.29, 0.717) is 26.2 Å². The van der Waals surface area contributed by atoms with Gasteiger partial charge in [0.2, 0.25) is 0 Å². The smallest absolute Gasteiger partial charge is 0.348 e. The molecule has 3 aromatic rings. The van der Waals surface area contributed by atoms with Crippen LogP contribution in [0.2, 0.25) is 0 Å². The molecule has 0 spiro atoms. The number of hydrogen-bond acceptors (Lipinski definition) is 6. The fourth-order valence-electron chi connectivity index (χ4n) is 3.03. The van der Waals surface area contributed by atoms with E-state index >= 15 is 0 Å². The molecular formula is C20H20N2O4S. The lowest BCUT2D eigenvalue weighted by atomic mass is 10.0. The van der Waals surface area contributed by atoms with Gasteiger partial charge in [-0.1, -0.05) is 23.8 Å². The van der Waals surface area contributed by atoms with Gasteiger partial charge >= 0.3 is 5.97 Å². The third kappa shape index (κ3) is 3.55. The van der Waals surface area contributed by atoms with Gasteiger partial charge in [-0.3, -0.25) is 14.2 Å². The molecule has 1 aromatic carbocycles. The highest BCUT2D eigenvalue weighted by Gasteiger charge is 2.21. The van der Waals surface area contributed by atoms with Crippen molar-refractivity contribution in [1.82, 2.24) is 9.55 Å². The van der Waals surface area contributed by atoms with E-state index in [9.17, 15) is 14.4 Å². The van der Waals surface area contributed by atoms with E-state index in [-0.39, 0.29) is 24.5 Å². The Hall–Kier alpha value is -2.80. The lowest BCUT2D eigenvalue weighted by Crippen LogP contribution is -2.25. The van der Waals surface area contributed by atoms with Gasteiger partial charge in [-0.15, -0.1) is 11.3 Å². The van der Waals surface area contributed by atoms with Crippen LogP contribution in [0.3, 0.4) is 0 Å². The molecule has 0 N–H and O–H groups in total. The lowest BCUT2D eigenvalue weighted by molar-refractivity contribution is 0.0531. The number of ether oxygens (including phenoxy) is 1. The molecule has 0 unspecified atom stereocenters. The maximum atomic E-state index is 12.9. The van der Waals surface area contributed by atoms with Crippen LogP contribution in [0.4, 0.5) is 0 Å². The van der Waals surface area contributed by atoms with Crippen LogP contribution in [0.25, 0.3) is 10.2 Å². The summed E-state index contributed by atoms with van der Waals surface area (Å²) in [6.07, 6.45) is 1.36. The number of aryl methyl sites for hydroxylation is 3. The van der Waals surface area contributed by atoms with Gasteiger partial charge in [0.1, 0.15) is 9.71 Å². The van der Waals surface area contributed by atoms with Crippen LogP contribution in [0, 0.1) is 20.8 Å². The molecular weight excluding hydrogens is 364 g/mol. The molecule has 0 fully saturated rings. The summed E-state index contributed by atoms with van der Waals surface area (Å²) in [6.45, 7) is 7.42. The van der Waals surface area contributed by atoms with Crippen molar-refractivity contribution in [1.29, 1.82) is 0 Å². The van der Waals surface area contributed by atoms with Gasteiger partial charge in [0.05, 0.1) is 24.9 Å². The highest BCUT2D eigenvalue weighted by Crippen LogP contribution is 2.27. The van der Waals surface area contributed by atoms with Crippen molar-refractivity contribution in [3.8, 4) is 0 Å². The predicted octanol–water partition coefficient (Wildman–Crippen LogP) is 3.44. The highest BCUT2D eigenvalue weighted by molar-refractivity contribution is 7.20. The number of rotatable bonds is 5. The van der Waals surface area contributed by atoms with Crippen LogP contribution < -0.4 is 5.56 Å². The van der Waals surface area contributed by atoms with Gasteiger partial charge in [-0.25, -0.2) is 9.78 Å². The van der Waals surface area contributed by atoms with Crippen LogP contribution in [0.1, 0.15) is 43.6 Å². The van der Waals surface area contributed by atoms with E-state index in [1.54, 1.807) is 19.9 Å². The number of esters is 1. The first kappa shape index (κ1) is 19.0. The Morgan fingerprint density at radius 3 is 2.63 bits per heavy atom. The minimum absolute atomic E-state index is 0.101. The highest BCUT2D eigenvalue weighted by atomic mass is 32.1. The summed E-state index contributed by atoms with van der Waals surface area (Å²) in [5.74, 6) is -0.621. The Morgan fingerprint density at radius 1 is 1.22 bits per heavy atom. The number of hydrogen-bond donors (Lipinski definition) is 0. The molecule has 3 rings (SSSR count). The summed E-state index contributed by atoms with van der Waals surface area (Å²) in [5, 5.41) is 0.360. The number of fused-ring (bicyclic) bond motifs is 1. The first-order chi connectivity index (χ1) is 12.8. The van der Waals surface area contributed by atoms with E-state index in [4.69, 9.17) is 4.74 Å². The second-order valence-electron chi connectivity index (χ2n) is 6.38. The maximum Gasteiger partial charge on any atom is 0.348 e. The molecule has 7 heteroatoms. The van der Waals surface area contributed by atoms with E-state index in [2.05, 4.69) is 4.98 Å². The van der Waals surface area contributed by atoms with Crippen molar-refractivity contribution in [2.24, 2.45) is 0 Å². The second kappa shape index (κ2) is 7.44. The number of thiophene rings is 1. The van der Waals surface area contributed by atoms with Crippen molar-refractivity contribution in [2.75, 3.05) is 6.61 Å². The normalized spacial score (nSPS) is 11.0. The summed E-state index contributed by atoms with van der Waals surface area (Å²) < 4.78 is 6.32. The molecule has 0 saturated carbocycles. The number of carbonyl (C=O) groups excluding carboxylic acids is 2. The fourth-order valence-corrected chi connectivity index (χ4v) is 4.06. The summed E-state index contributed by atoms with van der Waals surface area (Å²) in [4.78, 5) is 42.7. The van der Waals surface area contributed by atoms with E-state index in [1.807, 2.05) is 26.0 Å². The monoisotopic (exact) mass is 384 g/mol. The van der Waals surface area contributed by atoms with Gasteiger partial charge in [-0.2, -0.15) is 0 Å². The van der Waals surface area contributed by atoms with Crippen molar-refractivity contribution >= 4 is 33.3 Å². The van der Waals surface area contributed by atoms with E-state index in [1.165, 1.54) is 10.9 Å². The number of ketones is 1. The Kier molecular flexibility index (Phi) is 5.23. The van der Waals surface area contributed by atoms with Crippen molar-refractivity contribution < 1.29 is 14.3 Å².